The van der Waals surface area contributed by atoms with E-state index in [9.17, 15) is 9.59 Å². The Bertz CT molecular complexity index is 568. The summed E-state index contributed by atoms with van der Waals surface area (Å²) in [4.78, 5) is 25.7. The number of nitrogens with zero attached hydrogens (tertiary/aromatic N) is 2. The predicted molar refractivity (Wildman–Crippen MR) is 79.4 cm³/mol. The predicted octanol–water partition coefficient (Wildman–Crippen LogP) is 0.832. The molecule has 6 nitrogen and oxygen atoms in total. The van der Waals surface area contributed by atoms with E-state index in [0.717, 1.165) is 12.0 Å². The van der Waals surface area contributed by atoms with Gasteiger partial charge in [0.15, 0.2) is 6.19 Å². The first-order chi connectivity index (χ1) is 10.7. The first-order valence-electron chi connectivity index (χ1n) is 7.24. The number of carbonyl (C=O) groups is 2. The van der Waals surface area contributed by atoms with E-state index >= 15 is 0 Å². The first kappa shape index (κ1) is 15.8. The van der Waals surface area contributed by atoms with Gasteiger partial charge in [0.2, 0.25) is 5.91 Å². The molecular formula is C16H19N3O3. The van der Waals surface area contributed by atoms with E-state index in [4.69, 9.17) is 10.00 Å². The van der Waals surface area contributed by atoms with E-state index in [1.54, 1.807) is 0 Å². The number of hydrogen-bond donors (Lipinski definition) is 1. The highest BCUT2D eigenvalue weighted by molar-refractivity contribution is 5.88. The molecule has 0 saturated carbocycles. The molecule has 1 heterocycles. The zero-order valence-electron chi connectivity index (χ0n) is 12.5. The average Bonchev–Trinajstić information content (AvgIpc) is 3.03. The molecule has 22 heavy (non-hydrogen) atoms. The van der Waals surface area contributed by atoms with Crippen LogP contribution in [-0.4, -0.2) is 42.5 Å². The molecule has 0 aromatic heterocycles. The maximum atomic E-state index is 12.3. The molecule has 1 aromatic carbocycles. The lowest BCUT2D eigenvalue weighted by atomic mass is 10.1. The molecule has 116 valence electrons. The maximum absolute atomic E-state index is 12.3. The lowest BCUT2D eigenvalue weighted by Crippen LogP contribution is -2.49. The minimum absolute atomic E-state index is 0.301. The van der Waals surface area contributed by atoms with Gasteiger partial charge in [0.25, 0.3) is 0 Å². The van der Waals surface area contributed by atoms with Gasteiger partial charge in [0.05, 0.1) is 7.11 Å². The molecule has 1 amide bonds. The molecule has 0 radical (unpaired) electrons. The van der Waals surface area contributed by atoms with Crippen molar-refractivity contribution in [2.75, 3.05) is 13.7 Å². The van der Waals surface area contributed by atoms with Crippen molar-refractivity contribution in [3.05, 3.63) is 35.9 Å². The zero-order valence-corrected chi connectivity index (χ0v) is 12.5. The van der Waals surface area contributed by atoms with Crippen molar-refractivity contribution in [2.24, 2.45) is 0 Å². The van der Waals surface area contributed by atoms with Crippen molar-refractivity contribution in [1.29, 1.82) is 5.26 Å². The van der Waals surface area contributed by atoms with Gasteiger partial charge in [-0.1, -0.05) is 30.3 Å². The van der Waals surface area contributed by atoms with Crippen molar-refractivity contribution in [3.8, 4) is 6.19 Å². The Labute approximate surface area is 129 Å². The van der Waals surface area contributed by atoms with Gasteiger partial charge in [-0.15, -0.1) is 0 Å². The fourth-order valence-corrected chi connectivity index (χ4v) is 2.61. The van der Waals surface area contributed by atoms with Crippen molar-refractivity contribution in [3.63, 3.8) is 0 Å². The summed E-state index contributed by atoms with van der Waals surface area (Å²) in [5, 5.41) is 11.7. The lowest BCUT2D eigenvalue weighted by Gasteiger charge is -2.22. The fourth-order valence-electron chi connectivity index (χ4n) is 2.61. The summed E-state index contributed by atoms with van der Waals surface area (Å²) in [7, 11) is 1.30. The van der Waals surface area contributed by atoms with Crippen LogP contribution in [0.2, 0.25) is 0 Å². The Kier molecular flexibility index (Phi) is 5.37. The maximum Gasteiger partial charge on any atom is 0.328 e. The molecule has 1 aliphatic heterocycles. The molecule has 1 aromatic rings. The molecule has 0 spiro atoms. The summed E-state index contributed by atoms with van der Waals surface area (Å²) >= 11 is 0. The van der Waals surface area contributed by atoms with Gasteiger partial charge in [-0.25, -0.2) is 4.79 Å². The number of ether oxygens (including phenoxy) is 1. The second kappa shape index (κ2) is 7.46. The molecule has 0 unspecified atom stereocenters. The average molecular weight is 301 g/mol. The molecule has 0 aliphatic carbocycles. The first-order valence-corrected chi connectivity index (χ1v) is 7.24. The minimum Gasteiger partial charge on any atom is -0.467 e. The second-order valence-corrected chi connectivity index (χ2v) is 5.23. The molecule has 6 heteroatoms. The Hall–Kier alpha value is -2.55. The van der Waals surface area contributed by atoms with Gasteiger partial charge in [-0.2, -0.15) is 5.26 Å². The number of methoxy groups -OCH3 is 1. The minimum atomic E-state index is -0.749. The number of amides is 1. The molecule has 2 rings (SSSR count). The summed E-state index contributed by atoms with van der Waals surface area (Å²) in [6.07, 6.45) is 3.80. The Morgan fingerprint density at radius 2 is 2.18 bits per heavy atom. The summed E-state index contributed by atoms with van der Waals surface area (Å²) in [6, 6.07) is 8.17. The third-order valence-electron chi connectivity index (χ3n) is 3.77. The van der Waals surface area contributed by atoms with Crippen LogP contribution in [0.5, 0.6) is 0 Å². The smallest absolute Gasteiger partial charge is 0.328 e. The topological polar surface area (TPSA) is 82.4 Å². The number of esters is 1. The number of carbonyl (C=O) groups excluding carboxylic acids is 2. The summed E-state index contributed by atoms with van der Waals surface area (Å²) in [5.41, 5.74) is 0.932. The number of hydrogen-bond acceptors (Lipinski definition) is 5. The highest BCUT2D eigenvalue weighted by Crippen LogP contribution is 2.16. The van der Waals surface area contributed by atoms with Crippen molar-refractivity contribution in [1.82, 2.24) is 10.2 Å². The van der Waals surface area contributed by atoms with E-state index in [0.29, 0.717) is 19.4 Å². The van der Waals surface area contributed by atoms with Crippen LogP contribution in [0.15, 0.2) is 30.3 Å². The van der Waals surface area contributed by atoms with E-state index in [1.807, 2.05) is 36.5 Å². The summed E-state index contributed by atoms with van der Waals surface area (Å²) in [6.45, 7) is 0.580. The monoisotopic (exact) mass is 301 g/mol. The number of likely N-dealkylation sites (tertiary alicyclic amines) is 1. The van der Waals surface area contributed by atoms with Crippen LogP contribution in [0.25, 0.3) is 0 Å². The largest absolute Gasteiger partial charge is 0.467 e. The Balaban J connectivity index is 2.05. The van der Waals surface area contributed by atoms with E-state index < -0.39 is 18.1 Å². The van der Waals surface area contributed by atoms with Gasteiger partial charge in [-0.05, 0) is 18.4 Å². The number of nitriles is 1. The molecule has 0 bridgehead atoms. The molecular weight excluding hydrogens is 282 g/mol. The third-order valence-corrected chi connectivity index (χ3v) is 3.77. The number of benzene rings is 1. The quantitative estimate of drug-likeness (QED) is 0.643. The SMILES string of the molecule is COC(=O)[C@H](Cc1ccccc1)NC(=O)[C@@H]1CCCN1C#N. The van der Waals surface area contributed by atoms with Gasteiger partial charge < -0.3 is 10.1 Å². The van der Waals surface area contributed by atoms with E-state index in [2.05, 4.69) is 5.32 Å². The van der Waals surface area contributed by atoms with Crippen molar-refractivity contribution in [2.45, 2.75) is 31.3 Å². The Morgan fingerprint density at radius 1 is 1.45 bits per heavy atom. The van der Waals surface area contributed by atoms with Crippen LogP contribution in [0.4, 0.5) is 0 Å². The molecule has 2 atom stereocenters. The van der Waals surface area contributed by atoms with Crippen LogP contribution < -0.4 is 5.32 Å². The van der Waals surface area contributed by atoms with Crippen LogP contribution in [0, 0.1) is 11.5 Å². The number of rotatable bonds is 5. The van der Waals surface area contributed by atoms with Crippen molar-refractivity contribution >= 4 is 11.9 Å². The van der Waals surface area contributed by atoms with Gasteiger partial charge in [0, 0.05) is 13.0 Å². The standard InChI is InChI=1S/C16H19N3O3/c1-22-16(21)13(10-12-6-3-2-4-7-12)18-15(20)14-8-5-9-19(14)11-17/h2-4,6-7,13-14H,5,8-10H2,1H3,(H,18,20)/t13-,14-/m0/s1. The highest BCUT2D eigenvalue weighted by Gasteiger charge is 2.32. The molecule has 1 N–H and O–H groups in total. The van der Waals surface area contributed by atoms with Gasteiger partial charge >= 0.3 is 5.97 Å². The van der Waals surface area contributed by atoms with Crippen LogP contribution in [0.3, 0.4) is 0 Å². The Morgan fingerprint density at radius 3 is 2.82 bits per heavy atom. The van der Waals surface area contributed by atoms with Crippen LogP contribution in [-0.2, 0) is 20.7 Å². The normalized spacial score (nSPS) is 18.4. The van der Waals surface area contributed by atoms with Gasteiger partial charge in [-0.3, -0.25) is 9.69 Å². The third kappa shape index (κ3) is 3.76. The van der Waals surface area contributed by atoms with Crippen molar-refractivity contribution < 1.29 is 14.3 Å². The zero-order chi connectivity index (χ0) is 15.9. The summed E-state index contributed by atoms with van der Waals surface area (Å²) in [5.74, 6) is -0.788. The van der Waals surface area contributed by atoms with E-state index in [1.165, 1.54) is 12.0 Å². The molecule has 1 saturated heterocycles. The lowest BCUT2D eigenvalue weighted by molar-refractivity contribution is -0.145. The molecule has 1 aliphatic rings. The number of nitrogens with one attached hydrogen (secondary N) is 1. The fraction of sp³-hybridized carbons (Fsp3) is 0.438. The van der Waals surface area contributed by atoms with Crippen LogP contribution >= 0.6 is 0 Å². The van der Waals surface area contributed by atoms with Gasteiger partial charge in [0.1, 0.15) is 12.1 Å². The van der Waals surface area contributed by atoms with Crippen LogP contribution in [0.1, 0.15) is 18.4 Å². The summed E-state index contributed by atoms with van der Waals surface area (Å²) < 4.78 is 4.77. The highest BCUT2D eigenvalue weighted by atomic mass is 16.5. The second-order valence-electron chi connectivity index (χ2n) is 5.23. The van der Waals surface area contributed by atoms with E-state index in [-0.39, 0.29) is 5.91 Å². The molecule has 1 fully saturated rings.